The second-order valence-electron chi connectivity index (χ2n) is 5.76. The molecule has 0 atom stereocenters. The van der Waals surface area contributed by atoms with Gasteiger partial charge in [-0.2, -0.15) is 5.26 Å². The molecule has 3 rings (SSSR count). The molecular formula is C20H15BrN4O3. The van der Waals surface area contributed by atoms with Crippen LogP contribution in [-0.4, -0.2) is 23.6 Å². The molecule has 0 spiro atoms. The fourth-order valence-corrected chi connectivity index (χ4v) is 3.12. The monoisotopic (exact) mass is 438 g/mol. The number of rotatable bonds is 4. The van der Waals surface area contributed by atoms with E-state index in [1.807, 2.05) is 12.1 Å². The van der Waals surface area contributed by atoms with Crippen molar-refractivity contribution in [2.45, 2.75) is 0 Å². The van der Waals surface area contributed by atoms with Gasteiger partial charge in [0.15, 0.2) is 5.69 Å². The second kappa shape index (κ2) is 7.98. The van der Waals surface area contributed by atoms with Crippen molar-refractivity contribution in [3.8, 4) is 11.8 Å². The molecule has 2 aromatic carbocycles. The Morgan fingerprint density at radius 2 is 1.93 bits per heavy atom. The number of methoxy groups -OCH3 is 1. The van der Waals surface area contributed by atoms with Gasteiger partial charge in [-0.15, -0.1) is 0 Å². The van der Waals surface area contributed by atoms with Gasteiger partial charge in [0, 0.05) is 21.9 Å². The Morgan fingerprint density at radius 3 is 2.54 bits per heavy atom. The lowest BCUT2D eigenvalue weighted by Crippen LogP contribution is -2.13. The van der Waals surface area contributed by atoms with Crippen molar-refractivity contribution in [1.82, 2.24) is 4.57 Å². The van der Waals surface area contributed by atoms with Crippen LogP contribution in [0.3, 0.4) is 0 Å². The van der Waals surface area contributed by atoms with E-state index < -0.39 is 5.97 Å². The number of anilines is 2. The normalized spacial score (nSPS) is 10.2. The molecule has 7 nitrogen and oxygen atoms in total. The maximum atomic E-state index is 12.3. The number of carbonyl (C=O) groups is 2. The highest BCUT2D eigenvalue weighted by Crippen LogP contribution is 2.30. The molecule has 140 valence electrons. The largest absolute Gasteiger partial charge is 0.464 e. The van der Waals surface area contributed by atoms with Crippen LogP contribution in [-0.2, 0) is 4.74 Å². The number of nitrogen functional groups attached to an aromatic ring is 1. The number of halogens is 1. The van der Waals surface area contributed by atoms with E-state index in [0.717, 1.165) is 0 Å². The second-order valence-corrected chi connectivity index (χ2v) is 6.62. The number of nitrogens with zero attached hydrogens (tertiary/aromatic N) is 2. The zero-order valence-corrected chi connectivity index (χ0v) is 16.4. The van der Waals surface area contributed by atoms with Crippen molar-refractivity contribution >= 4 is 39.2 Å². The summed E-state index contributed by atoms with van der Waals surface area (Å²) >= 11 is 3.43. The lowest BCUT2D eigenvalue weighted by Gasteiger charge is -2.12. The van der Waals surface area contributed by atoms with E-state index in [4.69, 9.17) is 10.5 Å². The van der Waals surface area contributed by atoms with Crippen LogP contribution in [0.2, 0.25) is 0 Å². The first-order valence-electron chi connectivity index (χ1n) is 8.11. The minimum absolute atomic E-state index is 0.0481. The quantitative estimate of drug-likeness (QED) is 0.602. The smallest absolute Gasteiger partial charge is 0.357 e. The number of nitrogens with two attached hydrogens (primary N) is 1. The molecule has 3 N–H and O–H groups in total. The van der Waals surface area contributed by atoms with E-state index in [9.17, 15) is 14.9 Å². The predicted octanol–water partition coefficient (Wildman–Crippen LogP) is 3.73. The number of nitrogens with one attached hydrogen (secondary N) is 1. The summed E-state index contributed by atoms with van der Waals surface area (Å²) in [6, 6.07) is 15.9. The number of benzene rings is 2. The molecule has 1 aromatic heterocycles. The molecule has 0 saturated heterocycles. The molecule has 1 heterocycles. The summed E-state index contributed by atoms with van der Waals surface area (Å²) in [6.45, 7) is 0. The van der Waals surface area contributed by atoms with Crippen LogP contribution >= 0.6 is 15.9 Å². The summed E-state index contributed by atoms with van der Waals surface area (Å²) < 4.78 is 6.85. The summed E-state index contributed by atoms with van der Waals surface area (Å²) in [6.07, 6.45) is 1.46. The van der Waals surface area contributed by atoms with E-state index in [-0.39, 0.29) is 22.9 Å². The fraction of sp³-hybridized carbons (Fsp3) is 0.0500. The summed E-state index contributed by atoms with van der Waals surface area (Å²) in [7, 11) is 1.24. The molecule has 1 amide bonds. The SMILES string of the molecule is COC(=O)c1c(N)c(C#N)cn1-c1ccc(NC(=O)c2ccccc2)c(Br)c1. The van der Waals surface area contributed by atoms with Crippen LogP contribution in [0.25, 0.3) is 5.69 Å². The van der Waals surface area contributed by atoms with Crippen molar-refractivity contribution < 1.29 is 14.3 Å². The van der Waals surface area contributed by atoms with Gasteiger partial charge in [0.25, 0.3) is 5.91 Å². The molecule has 0 bridgehead atoms. The summed E-state index contributed by atoms with van der Waals surface area (Å²) in [5.74, 6) is -0.905. The van der Waals surface area contributed by atoms with Crippen LogP contribution in [0.15, 0.2) is 59.2 Å². The Morgan fingerprint density at radius 1 is 1.21 bits per heavy atom. The minimum atomic E-state index is -0.656. The number of ether oxygens (including phenoxy) is 1. The number of amides is 1. The third-order valence-electron chi connectivity index (χ3n) is 4.06. The molecule has 0 saturated carbocycles. The van der Waals surface area contributed by atoms with Gasteiger partial charge in [0.2, 0.25) is 0 Å². The van der Waals surface area contributed by atoms with E-state index in [0.29, 0.717) is 21.4 Å². The Balaban J connectivity index is 1.96. The van der Waals surface area contributed by atoms with Gasteiger partial charge in [-0.05, 0) is 46.3 Å². The van der Waals surface area contributed by atoms with E-state index in [1.165, 1.54) is 17.9 Å². The lowest BCUT2D eigenvalue weighted by molar-refractivity contribution is 0.0593. The standard InChI is InChI=1S/C20H15BrN4O3/c1-28-20(27)18-17(23)13(10-22)11-25(18)14-7-8-16(15(21)9-14)24-19(26)12-5-3-2-4-6-12/h2-9,11H,23H2,1H3,(H,24,26). The van der Waals surface area contributed by atoms with Gasteiger partial charge in [0.05, 0.1) is 24.0 Å². The average Bonchev–Trinajstić information content (AvgIpc) is 3.05. The fourth-order valence-electron chi connectivity index (χ4n) is 2.66. The van der Waals surface area contributed by atoms with Gasteiger partial charge in [-0.1, -0.05) is 18.2 Å². The van der Waals surface area contributed by atoms with Gasteiger partial charge < -0.3 is 20.4 Å². The summed E-state index contributed by atoms with van der Waals surface area (Å²) in [5.41, 5.74) is 7.84. The molecule has 0 aliphatic carbocycles. The highest BCUT2D eigenvalue weighted by atomic mass is 79.9. The summed E-state index contributed by atoms with van der Waals surface area (Å²) in [4.78, 5) is 24.5. The van der Waals surface area contributed by atoms with Crippen molar-refractivity contribution in [3.05, 3.63) is 76.0 Å². The number of nitriles is 1. The maximum absolute atomic E-state index is 12.3. The van der Waals surface area contributed by atoms with Crippen molar-refractivity contribution in [1.29, 1.82) is 5.26 Å². The molecule has 0 aliphatic heterocycles. The third kappa shape index (κ3) is 3.61. The van der Waals surface area contributed by atoms with Crippen molar-refractivity contribution in [2.75, 3.05) is 18.2 Å². The van der Waals surface area contributed by atoms with E-state index in [2.05, 4.69) is 21.2 Å². The number of carbonyl (C=O) groups excluding carboxylic acids is 2. The third-order valence-corrected chi connectivity index (χ3v) is 4.71. The first kappa shape index (κ1) is 19.2. The highest BCUT2D eigenvalue weighted by Gasteiger charge is 2.22. The van der Waals surface area contributed by atoms with Crippen LogP contribution in [0.4, 0.5) is 11.4 Å². The summed E-state index contributed by atoms with van der Waals surface area (Å²) in [5, 5.41) is 12.0. The molecule has 8 heteroatoms. The number of hydrogen-bond donors (Lipinski definition) is 2. The predicted molar refractivity (Wildman–Crippen MR) is 108 cm³/mol. The highest BCUT2D eigenvalue weighted by molar-refractivity contribution is 9.10. The van der Waals surface area contributed by atoms with Crippen LogP contribution in [0.5, 0.6) is 0 Å². The molecule has 28 heavy (non-hydrogen) atoms. The number of esters is 1. The molecule has 3 aromatic rings. The maximum Gasteiger partial charge on any atom is 0.357 e. The van der Waals surface area contributed by atoms with Gasteiger partial charge in [-0.25, -0.2) is 4.79 Å². The van der Waals surface area contributed by atoms with Crippen molar-refractivity contribution in [3.63, 3.8) is 0 Å². The number of hydrogen-bond acceptors (Lipinski definition) is 5. The van der Waals surface area contributed by atoms with Gasteiger partial charge >= 0.3 is 5.97 Å². The Kier molecular flexibility index (Phi) is 5.47. The Hall–Kier alpha value is -3.57. The van der Waals surface area contributed by atoms with E-state index in [1.54, 1.807) is 42.5 Å². The van der Waals surface area contributed by atoms with Gasteiger partial charge in [0.1, 0.15) is 6.07 Å². The molecule has 0 fully saturated rings. The van der Waals surface area contributed by atoms with Crippen LogP contribution < -0.4 is 11.1 Å². The molecule has 0 unspecified atom stereocenters. The van der Waals surface area contributed by atoms with Gasteiger partial charge in [-0.3, -0.25) is 4.79 Å². The van der Waals surface area contributed by atoms with E-state index >= 15 is 0 Å². The average molecular weight is 439 g/mol. The zero-order valence-electron chi connectivity index (χ0n) is 14.8. The minimum Gasteiger partial charge on any atom is -0.464 e. The molecule has 0 radical (unpaired) electrons. The zero-order chi connectivity index (χ0) is 20.3. The Bertz CT molecular complexity index is 1100. The topological polar surface area (TPSA) is 110 Å². The van der Waals surface area contributed by atoms with Crippen molar-refractivity contribution in [2.24, 2.45) is 0 Å². The lowest BCUT2D eigenvalue weighted by atomic mass is 10.2. The van der Waals surface area contributed by atoms with Crippen LogP contribution in [0, 0.1) is 11.3 Å². The molecule has 0 aliphatic rings. The Labute approximate surface area is 169 Å². The molecular weight excluding hydrogens is 424 g/mol. The first-order chi connectivity index (χ1) is 13.5. The first-order valence-corrected chi connectivity index (χ1v) is 8.91. The number of aromatic nitrogens is 1. The van der Waals surface area contributed by atoms with Crippen LogP contribution in [0.1, 0.15) is 26.4 Å².